The molecule has 0 saturated carbocycles. The average Bonchev–Trinajstić information content (AvgIpc) is 2.16. The number of nitrogens with two attached hydrogens (primary N) is 1. The number of aromatic nitrogens is 2. The van der Waals surface area contributed by atoms with Gasteiger partial charge < -0.3 is 11.1 Å². The Labute approximate surface area is 97.7 Å². The second kappa shape index (κ2) is 4.78. The first-order chi connectivity index (χ1) is 7.34. The molecule has 0 atom stereocenters. The Morgan fingerprint density at radius 1 is 1.38 bits per heavy atom. The summed E-state index contributed by atoms with van der Waals surface area (Å²) in [4.78, 5) is 8.90. The van der Waals surface area contributed by atoms with E-state index in [9.17, 15) is 0 Å². The highest BCUT2D eigenvalue weighted by atomic mass is 15.1. The summed E-state index contributed by atoms with van der Waals surface area (Å²) in [5, 5.41) is 3.33. The molecule has 0 spiro atoms. The van der Waals surface area contributed by atoms with Gasteiger partial charge in [0.25, 0.3) is 0 Å². The summed E-state index contributed by atoms with van der Waals surface area (Å²) in [5.74, 6) is 2.06. The van der Waals surface area contributed by atoms with Crippen LogP contribution in [-0.2, 0) is 0 Å². The van der Waals surface area contributed by atoms with E-state index in [-0.39, 0.29) is 5.54 Å². The van der Waals surface area contributed by atoms with Gasteiger partial charge in [-0.25, -0.2) is 9.97 Å². The molecule has 0 radical (unpaired) electrons. The minimum atomic E-state index is -0.144. The average molecular weight is 222 g/mol. The van der Waals surface area contributed by atoms with Crippen LogP contribution in [0.15, 0.2) is 6.07 Å². The lowest BCUT2D eigenvalue weighted by molar-refractivity contribution is 0.575. The molecule has 4 nitrogen and oxygen atoms in total. The molecule has 1 aromatic heterocycles. The molecule has 0 amide bonds. The maximum atomic E-state index is 5.68. The first kappa shape index (κ1) is 12.9. The van der Waals surface area contributed by atoms with Gasteiger partial charge in [0.05, 0.1) is 0 Å². The number of hydrogen-bond acceptors (Lipinski definition) is 4. The summed E-state index contributed by atoms with van der Waals surface area (Å²) >= 11 is 0. The molecule has 4 heteroatoms. The predicted octanol–water partition coefficient (Wildman–Crippen LogP) is 2.06. The van der Waals surface area contributed by atoms with Crippen LogP contribution in [0.2, 0.25) is 0 Å². The third kappa shape index (κ3) is 3.45. The monoisotopic (exact) mass is 222 g/mol. The lowest BCUT2D eigenvalue weighted by Crippen LogP contribution is -2.39. The van der Waals surface area contributed by atoms with Gasteiger partial charge >= 0.3 is 0 Å². The largest absolute Gasteiger partial charge is 0.364 e. The van der Waals surface area contributed by atoms with Crippen LogP contribution in [-0.4, -0.2) is 22.1 Å². The number of rotatable bonds is 4. The maximum Gasteiger partial charge on any atom is 0.133 e. The number of nitrogens with zero attached hydrogens (tertiary/aromatic N) is 2. The van der Waals surface area contributed by atoms with Crippen LogP contribution >= 0.6 is 0 Å². The van der Waals surface area contributed by atoms with Crippen LogP contribution in [0.3, 0.4) is 0 Å². The minimum absolute atomic E-state index is 0.144. The first-order valence-corrected chi connectivity index (χ1v) is 5.68. The van der Waals surface area contributed by atoms with E-state index in [1.165, 1.54) is 0 Å². The molecule has 0 aromatic carbocycles. The van der Waals surface area contributed by atoms with Crippen molar-refractivity contribution in [1.82, 2.24) is 9.97 Å². The normalized spacial score (nSPS) is 11.9. The van der Waals surface area contributed by atoms with Crippen molar-refractivity contribution in [3.05, 3.63) is 17.6 Å². The molecule has 0 unspecified atom stereocenters. The zero-order valence-corrected chi connectivity index (χ0v) is 10.8. The Balaban J connectivity index is 2.97. The van der Waals surface area contributed by atoms with Crippen LogP contribution in [0.4, 0.5) is 5.82 Å². The molecular weight excluding hydrogens is 200 g/mol. The summed E-state index contributed by atoms with van der Waals surface area (Å²) in [7, 11) is 0. The number of aryl methyl sites for hydroxylation is 1. The Hall–Kier alpha value is -1.16. The summed E-state index contributed by atoms with van der Waals surface area (Å²) in [5.41, 5.74) is 6.52. The van der Waals surface area contributed by atoms with Crippen molar-refractivity contribution >= 4 is 5.82 Å². The van der Waals surface area contributed by atoms with Crippen molar-refractivity contribution in [3.63, 3.8) is 0 Å². The first-order valence-electron chi connectivity index (χ1n) is 5.68. The van der Waals surface area contributed by atoms with Crippen LogP contribution in [0.5, 0.6) is 0 Å². The molecule has 0 fully saturated rings. The smallest absolute Gasteiger partial charge is 0.133 e. The second-order valence-corrected chi connectivity index (χ2v) is 5.12. The van der Waals surface area contributed by atoms with E-state index in [0.29, 0.717) is 12.5 Å². The van der Waals surface area contributed by atoms with Gasteiger partial charge in [-0.05, 0) is 20.8 Å². The lowest BCUT2D eigenvalue weighted by Gasteiger charge is -2.25. The molecule has 1 rings (SSSR count). The van der Waals surface area contributed by atoms with Gasteiger partial charge in [0.2, 0.25) is 0 Å². The van der Waals surface area contributed by atoms with Crippen LogP contribution < -0.4 is 11.1 Å². The third-order valence-corrected chi connectivity index (χ3v) is 2.36. The summed E-state index contributed by atoms with van der Waals surface area (Å²) in [6, 6.07) is 1.95. The Kier molecular flexibility index (Phi) is 3.86. The highest BCUT2D eigenvalue weighted by Crippen LogP contribution is 2.16. The van der Waals surface area contributed by atoms with Crippen molar-refractivity contribution in [2.45, 2.75) is 46.1 Å². The van der Waals surface area contributed by atoms with Gasteiger partial charge in [-0.3, -0.25) is 0 Å². The Morgan fingerprint density at radius 2 is 2.00 bits per heavy atom. The third-order valence-electron chi connectivity index (χ3n) is 2.36. The lowest BCUT2D eigenvalue weighted by atomic mass is 10.1. The van der Waals surface area contributed by atoms with Crippen LogP contribution in [0.25, 0.3) is 0 Å². The van der Waals surface area contributed by atoms with Crippen molar-refractivity contribution < 1.29 is 0 Å². The van der Waals surface area contributed by atoms with Crippen molar-refractivity contribution in [2.24, 2.45) is 5.73 Å². The van der Waals surface area contributed by atoms with E-state index in [0.717, 1.165) is 17.3 Å². The summed E-state index contributed by atoms with van der Waals surface area (Å²) < 4.78 is 0. The fourth-order valence-corrected chi connectivity index (χ4v) is 1.31. The minimum Gasteiger partial charge on any atom is -0.364 e. The Bertz CT molecular complexity index is 358. The molecule has 0 aliphatic rings. The molecule has 0 aliphatic heterocycles. The van der Waals surface area contributed by atoms with Gasteiger partial charge in [0.15, 0.2) is 0 Å². The van der Waals surface area contributed by atoms with Crippen molar-refractivity contribution in [2.75, 3.05) is 11.9 Å². The molecule has 16 heavy (non-hydrogen) atoms. The quantitative estimate of drug-likeness (QED) is 0.818. The van der Waals surface area contributed by atoms with Crippen LogP contribution in [0, 0.1) is 6.92 Å². The fraction of sp³-hybridized carbons (Fsp3) is 0.667. The molecular formula is C12H22N4. The standard InChI is InChI=1S/C12H22N4/c1-8(2)11-14-9(3)6-10(15-11)16-12(4,5)7-13/h6,8H,7,13H2,1-5H3,(H,14,15,16). The molecule has 0 aliphatic carbocycles. The summed E-state index contributed by atoms with van der Waals surface area (Å²) in [6.07, 6.45) is 0. The topological polar surface area (TPSA) is 63.8 Å². The molecule has 1 aromatic rings. The van der Waals surface area contributed by atoms with Crippen molar-refractivity contribution in [3.8, 4) is 0 Å². The van der Waals surface area contributed by atoms with E-state index in [4.69, 9.17) is 5.73 Å². The summed E-state index contributed by atoms with van der Waals surface area (Å²) in [6.45, 7) is 10.8. The van der Waals surface area contributed by atoms with E-state index in [2.05, 4.69) is 43.0 Å². The van der Waals surface area contributed by atoms with Gasteiger partial charge in [0.1, 0.15) is 11.6 Å². The molecule has 90 valence electrons. The number of hydrogen-bond donors (Lipinski definition) is 2. The zero-order chi connectivity index (χ0) is 12.3. The molecule has 1 heterocycles. The molecule has 0 saturated heterocycles. The van der Waals surface area contributed by atoms with Gasteiger partial charge in [-0.1, -0.05) is 13.8 Å². The van der Waals surface area contributed by atoms with Gasteiger partial charge in [-0.2, -0.15) is 0 Å². The van der Waals surface area contributed by atoms with E-state index in [1.807, 2.05) is 13.0 Å². The Morgan fingerprint density at radius 3 is 2.50 bits per heavy atom. The van der Waals surface area contributed by atoms with E-state index in [1.54, 1.807) is 0 Å². The number of nitrogens with one attached hydrogen (secondary N) is 1. The zero-order valence-electron chi connectivity index (χ0n) is 10.8. The fourth-order valence-electron chi connectivity index (χ4n) is 1.31. The SMILES string of the molecule is Cc1cc(NC(C)(C)CN)nc(C(C)C)n1. The predicted molar refractivity (Wildman–Crippen MR) is 67.6 cm³/mol. The van der Waals surface area contributed by atoms with Crippen LogP contribution in [0.1, 0.15) is 45.1 Å². The van der Waals surface area contributed by atoms with Crippen molar-refractivity contribution in [1.29, 1.82) is 0 Å². The highest BCUT2D eigenvalue weighted by molar-refractivity contribution is 5.39. The maximum absolute atomic E-state index is 5.68. The second-order valence-electron chi connectivity index (χ2n) is 5.12. The molecule has 3 N–H and O–H groups in total. The van der Waals surface area contributed by atoms with Gasteiger partial charge in [-0.15, -0.1) is 0 Å². The molecule has 0 bridgehead atoms. The van der Waals surface area contributed by atoms with E-state index < -0.39 is 0 Å². The number of anilines is 1. The highest BCUT2D eigenvalue weighted by Gasteiger charge is 2.16. The van der Waals surface area contributed by atoms with E-state index >= 15 is 0 Å². The van der Waals surface area contributed by atoms with Gasteiger partial charge in [0, 0.05) is 29.8 Å².